The zero-order valence-electron chi connectivity index (χ0n) is 16.0. The van der Waals surface area contributed by atoms with Gasteiger partial charge in [0, 0.05) is 11.6 Å². The van der Waals surface area contributed by atoms with Crippen LogP contribution in [0.2, 0.25) is 0 Å². The Morgan fingerprint density at radius 2 is 1.46 bits per heavy atom. The molecule has 0 rings (SSSR count). The number of methoxy groups -OCH3 is 1. The second-order valence-electron chi connectivity index (χ2n) is 5.82. The Labute approximate surface area is 148 Å². The first-order valence-corrected chi connectivity index (χ1v) is 9.14. The molecule has 0 aromatic heterocycles. The van der Waals surface area contributed by atoms with E-state index in [1.54, 1.807) is 13.0 Å². The predicted octanol–water partition coefficient (Wildman–Crippen LogP) is 5.67. The summed E-state index contributed by atoms with van der Waals surface area (Å²) in [4.78, 5) is 20.9. The lowest BCUT2D eigenvalue weighted by Gasteiger charge is -1.95. The van der Waals surface area contributed by atoms with Crippen molar-refractivity contribution < 1.29 is 19.4 Å². The van der Waals surface area contributed by atoms with Crippen molar-refractivity contribution in [3.63, 3.8) is 0 Å². The first-order chi connectivity index (χ1) is 11.5. The van der Waals surface area contributed by atoms with E-state index in [1.807, 2.05) is 6.08 Å². The Kier molecular flexibility index (Phi) is 20.0. The van der Waals surface area contributed by atoms with Gasteiger partial charge in [0.1, 0.15) is 0 Å². The molecular weight excluding hydrogens is 304 g/mol. The zero-order valence-corrected chi connectivity index (χ0v) is 16.0. The van der Waals surface area contributed by atoms with E-state index in [0.29, 0.717) is 5.57 Å². The van der Waals surface area contributed by atoms with Gasteiger partial charge in [-0.3, -0.25) is 0 Å². The molecule has 0 spiro atoms. The van der Waals surface area contributed by atoms with Gasteiger partial charge in [-0.25, -0.2) is 9.59 Å². The number of ether oxygens (including phenoxy) is 1. The first-order valence-electron chi connectivity index (χ1n) is 9.14. The molecule has 4 nitrogen and oxygen atoms in total. The van der Waals surface area contributed by atoms with Crippen LogP contribution in [0.5, 0.6) is 0 Å². The van der Waals surface area contributed by atoms with Crippen molar-refractivity contribution in [3.05, 3.63) is 23.8 Å². The van der Waals surface area contributed by atoms with Crippen LogP contribution in [0.25, 0.3) is 0 Å². The number of unbranched alkanes of at least 4 members (excludes halogenated alkanes) is 8. The lowest BCUT2D eigenvalue weighted by molar-refractivity contribution is -0.135. The van der Waals surface area contributed by atoms with Gasteiger partial charge < -0.3 is 9.84 Å². The summed E-state index contributed by atoms with van der Waals surface area (Å²) in [5.74, 6) is -1.06. The fourth-order valence-corrected chi connectivity index (χ4v) is 1.91. The number of allylic oxidation sites excluding steroid dienone is 2. The number of carboxylic acid groups (broad SMARTS) is 1. The molecule has 0 unspecified atom stereocenters. The van der Waals surface area contributed by atoms with Gasteiger partial charge in [0.25, 0.3) is 0 Å². The molecule has 4 heteroatoms. The lowest BCUT2D eigenvalue weighted by atomic mass is 10.1. The zero-order chi connectivity index (χ0) is 18.6. The molecule has 0 heterocycles. The van der Waals surface area contributed by atoms with Crippen LogP contribution in [0.15, 0.2) is 23.8 Å². The van der Waals surface area contributed by atoms with Crippen LogP contribution in [0.1, 0.15) is 85.0 Å². The normalized spacial score (nSPS) is 11.1. The molecule has 0 saturated carbocycles. The summed E-state index contributed by atoms with van der Waals surface area (Å²) < 4.78 is 4.45. The Morgan fingerprint density at radius 1 is 0.917 bits per heavy atom. The van der Waals surface area contributed by atoms with Gasteiger partial charge in [0.2, 0.25) is 0 Å². The van der Waals surface area contributed by atoms with E-state index >= 15 is 0 Å². The number of carbonyl (C=O) groups is 2. The largest absolute Gasteiger partial charge is 0.478 e. The van der Waals surface area contributed by atoms with Crippen LogP contribution in [0, 0.1) is 0 Å². The summed E-state index contributed by atoms with van der Waals surface area (Å²) in [7, 11) is 1.39. The quantitative estimate of drug-likeness (QED) is 0.282. The maximum Gasteiger partial charge on any atom is 0.330 e. The monoisotopic (exact) mass is 340 g/mol. The fourth-order valence-electron chi connectivity index (χ4n) is 1.91. The summed E-state index contributed by atoms with van der Waals surface area (Å²) in [6, 6.07) is 0. The van der Waals surface area contributed by atoms with Gasteiger partial charge >= 0.3 is 11.9 Å². The third kappa shape index (κ3) is 20.4. The summed E-state index contributed by atoms with van der Waals surface area (Å²) in [5, 5.41) is 8.52. The molecule has 0 radical (unpaired) electrons. The van der Waals surface area contributed by atoms with Gasteiger partial charge in [0.05, 0.1) is 7.11 Å². The van der Waals surface area contributed by atoms with E-state index in [4.69, 9.17) is 5.11 Å². The summed E-state index contributed by atoms with van der Waals surface area (Å²) in [6.07, 6.45) is 16.8. The molecule has 140 valence electrons. The van der Waals surface area contributed by atoms with Crippen molar-refractivity contribution in [3.8, 4) is 0 Å². The minimum Gasteiger partial charge on any atom is -0.478 e. The van der Waals surface area contributed by atoms with Crippen molar-refractivity contribution >= 4 is 11.9 Å². The molecule has 1 N–H and O–H groups in total. The van der Waals surface area contributed by atoms with Crippen LogP contribution >= 0.6 is 0 Å². The average Bonchev–Trinajstić information content (AvgIpc) is 2.57. The van der Waals surface area contributed by atoms with E-state index in [9.17, 15) is 9.59 Å². The highest BCUT2D eigenvalue weighted by Gasteiger charge is 1.97. The fraction of sp³-hybridized carbons (Fsp3) is 0.700. The first kappa shape index (κ1) is 24.7. The van der Waals surface area contributed by atoms with Crippen LogP contribution < -0.4 is 0 Å². The average molecular weight is 341 g/mol. The molecule has 0 fully saturated rings. The van der Waals surface area contributed by atoms with E-state index in [0.717, 1.165) is 19.3 Å². The topological polar surface area (TPSA) is 63.6 Å². The highest BCUT2D eigenvalue weighted by Crippen LogP contribution is 2.05. The van der Waals surface area contributed by atoms with Crippen molar-refractivity contribution in [1.82, 2.24) is 0 Å². The van der Waals surface area contributed by atoms with E-state index < -0.39 is 5.97 Å². The molecule has 0 aromatic rings. The maximum atomic E-state index is 10.6. The molecule has 0 bridgehead atoms. The molecule has 0 atom stereocenters. The number of hydrogen-bond acceptors (Lipinski definition) is 3. The van der Waals surface area contributed by atoms with Crippen molar-refractivity contribution in [2.45, 2.75) is 85.0 Å². The van der Waals surface area contributed by atoms with Gasteiger partial charge in [-0.1, -0.05) is 64.5 Å². The number of aliphatic carboxylic acids is 1. The van der Waals surface area contributed by atoms with Crippen LogP contribution in [0.4, 0.5) is 0 Å². The Balaban J connectivity index is 0. The number of esters is 1. The maximum absolute atomic E-state index is 10.6. The van der Waals surface area contributed by atoms with Crippen molar-refractivity contribution in [2.24, 2.45) is 0 Å². The summed E-state index contributed by atoms with van der Waals surface area (Å²) >= 11 is 0. The van der Waals surface area contributed by atoms with E-state index in [1.165, 1.54) is 58.1 Å². The molecule has 0 saturated heterocycles. The summed E-state index contributed by atoms with van der Waals surface area (Å²) in [6.45, 7) is 5.99. The summed E-state index contributed by atoms with van der Waals surface area (Å²) in [5.41, 5.74) is 0.464. The Hall–Kier alpha value is -1.58. The Bertz CT molecular complexity index is 368. The second kappa shape index (κ2) is 19.5. The van der Waals surface area contributed by atoms with E-state index in [2.05, 4.69) is 18.6 Å². The Morgan fingerprint density at radius 3 is 1.92 bits per heavy atom. The third-order valence-corrected chi connectivity index (χ3v) is 3.53. The molecule has 0 aliphatic rings. The van der Waals surface area contributed by atoms with Gasteiger partial charge in [0.15, 0.2) is 0 Å². The minimum atomic E-state index is -0.800. The number of carbonyl (C=O) groups excluding carboxylic acids is 1. The van der Waals surface area contributed by atoms with Gasteiger partial charge in [-0.15, -0.1) is 0 Å². The van der Waals surface area contributed by atoms with Gasteiger partial charge in [-0.05, 0) is 32.6 Å². The molecule has 0 amide bonds. The highest BCUT2D eigenvalue weighted by atomic mass is 16.5. The molecule has 24 heavy (non-hydrogen) atoms. The number of rotatable bonds is 12. The lowest BCUT2D eigenvalue weighted by Crippen LogP contribution is -1.95. The minimum absolute atomic E-state index is 0.259. The second-order valence-corrected chi connectivity index (χ2v) is 5.82. The van der Waals surface area contributed by atoms with Crippen molar-refractivity contribution in [2.75, 3.05) is 7.11 Å². The van der Waals surface area contributed by atoms with Crippen LogP contribution in [-0.4, -0.2) is 24.2 Å². The number of hydrogen-bond donors (Lipinski definition) is 1. The molecule has 0 aliphatic heterocycles. The highest BCUT2D eigenvalue weighted by molar-refractivity contribution is 5.85. The van der Waals surface area contributed by atoms with E-state index in [-0.39, 0.29) is 5.97 Å². The van der Waals surface area contributed by atoms with Crippen LogP contribution in [-0.2, 0) is 14.3 Å². The smallest absolute Gasteiger partial charge is 0.330 e. The van der Waals surface area contributed by atoms with Crippen molar-refractivity contribution in [1.29, 1.82) is 0 Å². The molecule has 0 aliphatic carbocycles. The predicted molar refractivity (Wildman–Crippen MR) is 100 cm³/mol. The van der Waals surface area contributed by atoms with Gasteiger partial charge in [-0.2, -0.15) is 0 Å². The molecular formula is C20H36O4. The standard InChI is InChI=1S/2C10H18O2/c1-3-4-5-6-7-8-9-10(11)12-2;1-3-4-5-6-7-8-9(2)10(11)12/h8-9H,3-7H2,1-2H3;8H,3-7H2,1-2H3,(H,11,12)/b;9-8+. The number of carboxylic acids is 1. The van der Waals surface area contributed by atoms with Crippen LogP contribution in [0.3, 0.4) is 0 Å². The third-order valence-electron chi connectivity index (χ3n) is 3.53. The SMILES string of the molecule is CCCCCC/C=C(\C)C(=O)O.CCCCCCC=CC(=O)OC. The molecule has 0 aromatic carbocycles.